The van der Waals surface area contributed by atoms with Gasteiger partial charge in [-0.25, -0.2) is 0 Å². The van der Waals surface area contributed by atoms with Crippen LogP contribution in [0.4, 0.5) is 5.69 Å². The number of hydrogen-bond acceptors (Lipinski definition) is 5. The maximum Gasteiger partial charge on any atom is 0.298 e. The first-order valence-corrected chi connectivity index (χ1v) is 7.00. The van der Waals surface area contributed by atoms with Crippen molar-refractivity contribution in [3.8, 4) is 10.9 Å². The zero-order valence-electron chi connectivity index (χ0n) is 10.3. The molecule has 0 saturated heterocycles. The Morgan fingerprint density at radius 2 is 2.39 bits per heavy atom. The zero-order chi connectivity index (χ0) is 12.4. The van der Waals surface area contributed by atoms with Gasteiger partial charge in [0, 0.05) is 24.5 Å². The van der Waals surface area contributed by atoms with Crippen LogP contribution < -0.4 is 10.1 Å². The first kappa shape index (κ1) is 11.5. The highest BCUT2D eigenvalue weighted by Crippen LogP contribution is 2.35. The zero-order valence-corrected chi connectivity index (χ0v) is 11.1. The first-order chi connectivity index (χ1) is 8.86. The largest absolute Gasteiger partial charge is 0.428 e. The van der Waals surface area contributed by atoms with E-state index < -0.39 is 0 Å². The van der Waals surface area contributed by atoms with Gasteiger partial charge in [0.1, 0.15) is 5.82 Å². The molecule has 0 saturated carbocycles. The van der Waals surface area contributed by atoms with Gasteiger partial charge in [-0.1, -0.05) is 19.1 Å². The molecule has 2 aromatic rings. The summed E-state index contributed by atoms with van der Waals surface area (Å²) in [6.07, 6.45) is 3.12. The molecule has 0 fully saturated rings. The van der Waals surface area contributed by atoms with Gasteiger partial charge in [-0.05, 0) is 24.5 Å². The van der Waals surface area contributed by atoms with Crippen LogP contribution >= 0.6 is 11.5 Å². The number of para-hydroxylation sites is 1. The number of benzene rings is 1. The summed E-state index contributed by atoms with van der Waals surface area (Å²) in [5.41, 5.74) is 2.43. The number of nitrogens with one attached hydrogen (secondary N) is 1. The van der Waals surface area contributed by atoms with Crippen LogP contribution in [0.15, 0.2) is 18.2 Å². The number of nitrogens with zero attached hydrogens (tertiary/aromatic N) is 2. The molecule has 2 heterocycles. The normalized spacial score (nSPS) is 13.8. The summed E-state index contributed by atoms with van der Waals surface area (Å²) < 4.78 is 10.1. The van der Waals surface area contributed by atoms with Crippen LogP contribution in [0, 0.1) is 0 Å². The molecule has 0 amide bonds. The molecule has 0 radical (unpaired) electrons. The Hall–Kier alpha value is -1.62. The third kappa shape index (κ3) is 2.18. The fraction of sp³-hybridized carbons (Fsp3) is 0.385. The van der Waals surface area contributed by atoms with Gasteiger partial charge in [-0.3, -0.25) is 0 Å². The van der Waals surface area contributed by atoms with E-state index in [0.29, 0.717) is 5.19 Å². The number of aryl methyl sites for hydroxylation is 2. The Morgan fingerprint density at radius 1 is 1.44 bits per heavy atom. The molecule has 1 N–H and O–H groups in total. The van der Waals surface area contributed by atoms with Crippen molar-refractivity contribution in [2.75, 3.05) is 11.9 Å². The van der Waals surface area contributed by atoms with Crippen molar-refractivity contribution in [2.24, 2.45) is 0 Å². The van der Waals surface area contributed by atoms with E-state index in [-0.39, 0.29) is 0 Å². The number of hydrogen-bond donors (Lipinski definition) is 1. The number of aromatic nitrogens is 2. The Labute approximate surface area is 110 Å². The quantitative estimate of drug-likeness (QED) is 0.921. The topological polar surface area (TPSA) is 47.0 Å². The minimum Gasteiger partial charge on any atom is -0.428 e. The van der Waals surface area contributed by atoms with Crippen LogP contribution in [0.5, 0.6) is 10.9 Å². The lowest BCUT2D eigenvalue weighted by atomic mass is 10.0. The number of rotatable bonds is 3. The average Bonchev–Trinajstić information content (AvgIpc) is 2.87. The number of fused-ring (bicyclic) bond motifs is 1. The summed E-state index contributed by atoms with van der Waals surface area (Å²) in [4.78, 5) is 4.33. The molecular weight excluding hydrogens is 246 g/mol. The van der Waals surface area contributed by atoms with Crippen molar-refractivity contribution in [1.82, 2.24) is 9.36 Å². The van der Waals surface area contributed by atoms with Gasteiger partial charge in [-0.15, -0.1) is 0 Å². The second kappa shape index (κ2) is 4.94. The van der Waals surface area contributed by atoms with Crippen molar-refractivity contribution < 1.29 is 4.74 Å². The summed E-state index contributed by atoms with van der Waals surface area (Å²) >= 11 is 1.31. The molecule has 0 aliphatic carbocycles. The van der Waals surface area contributed by atoms with Crippen LogP contribution in [0.25, 0.3) is 0 Å². The minimum absolute atomic E-state index is 0.618. The summed E-state index contributed by atoms with van der Waals surface area (Å²) in [6.45, 7) is 3.04. The van der Waals surface area contributed by atoms with E-state index in [9.17, 15) is 0 Å². The monoisotopic (exact) mass is 261 g/mol. The van der Waals surface area contributed by atoms with E-state index in [1.807, 2.05) is 19.1 Å². The smallest absolute Gasteiger partial charge is 0.298 e. The highest BCUT2D eigenvalue weighted by molar-refractivity contribution is 7.07. The summed E-state index contributed by atoms with van der Waals surface area (Å²) in [6, 6.07) is 6.15. The number of ether oxygens (including phenoxy) is 1. The molecule has 18 heavy (non-hydrogen) atoms. The van der Waals surface area contributed by atoms with E-state index >= 15 is 0 Å². The van der Waals surface area contributed by atoms with Crippen molar-refractivity contribution in [1.29, 1.82) is 0 Å². The van der Waals surface area contributed by atoms with E-state index in [1.165, 1.54) is 23.5 Å². The van der Waals surface area contributed by atoms with Gasteiger partial charge >= 0.3 is 0 Å². The number of anilines is 1. The van der Waals surface area contributed by atoms with Gasteiger partial charge in [-0.2, -0.15) is 9.36 Å². The molecule has 5 heteroatoms. The molecule has 0 bridgehead atoms. The third-order valence-corrected chi connectivity index (χ3v) is 3.63. The van der Waals surface area contributed by atoms with Crippen LogP contribution in [0.1, 0.15) is 24.7 Å². The predicted molar refractivity (Wildman–Crippen MR) is 72.6 cm³/mol. The maximum atomic E-state index is 5.84. The fourth-order valence-electron chi connectivity index (χ4n) is 2.08. The van der Waals surface area contributed by atoms with Crippen LogP contribution in [-0.4, -0.2) is 15.9 Å². The Balaban J connectivity index is 1.88. The lowest BCUT2D eigenvalue weighted by Gasteiger charge is -2.20. The molecule has 1 aliphatic heterocycles. The Bertz CT molecular complexity index is 553. The van der Waals surface area contributed by atoms with Crippen LogP contribution in [0.3, 0.4) is 0 Å². The Kier molecular flexibility index (Phi) is 3.15. The second-order valence-electron chi connectivity index (χ2n) is 4.25. The Morgan fingerprint density at radius 3 is 3.22 bits per heavy atom. The fourth-order valence-corrected chi connectivity index (χ4v) is 2.71. The SMILES string of the molecule is CCc1nsc(Oc2cccc3c2NCCC3)n1. The molecule has 0 spiro atoms. The summed E-state index contributed by atoms with van der Waals surface area (Å²) in [7, 11) is 0. The minimum atomic E-state index is 0.618. The van der Waals surface area contributed by atoms with Crippen molar-refractivity contribution in [3.05, 3.63) is 29.6 Å². The first-order valence-electron chi connectivity index (χ1n) is 6.23. The maximum absolute atomic E-state index is 5.84. The highest BCUT2D eigenvalue weighted by Gasteiger charge is 2.15. The van der Waals surface area contributed by atoms with Gasteiger partial charge < -0.3 is 10.1 Å². The standard InChI is InChI=1S/C13H15N3OS/c1-2-11-15-13(18-16-11)17-10-7-3-5-9-6-4-8-14-12(9)10/h3,5,7,14H,2,4,6,8H2,1H3. The average molecular weight is 261 g/mol. The van der Waals surface area contributed by atoms with E-state index in [4.69, 9.17) is 4.74 Å². The van der Waals surface area contributed by atoms with Gasteiger partial charge in [0.05, 0.1) is 5.69 Å². The second-order valence-corrected chi connectivity index (χ2v) is 4.97. The molecule has 1 aliphatic rings. The summed E-state index contributed by atoms with van der Waals surface area (Å²) in [5.74, 6) is 1.69. The molecule has 3 rings (SSSR count). The third-order valence-electron chi connectivity index (χ3n) is 3.00. The summed E-state index contributed by atoms with van der Waals surface area (Å²) in [5, 5.41) is 4.02. The van der Waals surface area contributed by atoms with Crippen LogP contribution in [0.2, 0.25) is 0 Å². The van der Waals surface area contributed by atoms with E-state index in [0.717, 1.165) is 36.6 Å². The molecule has 0 unspecified atom stereocenters. The predicted octanol–water partition coefficient (Wildman–Crippen LogP) is 3.25. The van der Waals surface area contributed by atoms with E-state index in [1.54, 1.807) is 0 Å². The lowest BCUT2D eigenvalue weighted by molar-refractivity contribution is 0.477. The van der Waals surface area contributed by atoms with Crippen molar-refractivity contribution in [2.45, 2.75) is 26.2 Å². The van der Waals surface area contributed by atoms with E-state index in [2.05, 4.69) is 20.7 Å². The van der Waals surface area contributed by atoms with Crippen molar-refractivity contribution >= 4 is 17.2 Å². The molecule has 1 aromatic heterocycles. The van der Waals surface area contributed by atoms with Crippen molar-refractivity contribution in [3.63, 3.8) is 0 Å². The lowest BCUT2D eigenvalue weighted by Crippen LogP contribution is -2.12. The molecule has 4 nitrogen and oxygen atoms in total. The van der Waals surface area contributed by atoms with Gasteiger partial charge in [0.2, 0.25) is 0 Å². The molecular formula is C13H15N3OS. The molecule has 94 valence electrons. The van der Waals surface area contributed by atoms with Crippen LogP contribution in [-0.2, 0) is 12.8 Å². The van der Waals surface area contributed by atoms with Gasteiger partial charge in [0.15, 0.2) is 5.75 Å². The molecule has 0 atom stereocenters. The molecule has 1 aromatic carbocycles. The highest BCUT2D eigenvalue weighted by atomic mass is 32.1. The van der Waals surface area contributed by atoms with Gasteiger partial charge in [0.25, 0.3) is 5.19 Å².